The van der Waals surface area contributed by atoms with Crippen LogP contribution in [0.25, 0.3) is 0 Å². The zero-order valence-corrected chi connectivity index (χ0v) is 9.13. The van der Waals surface area contributed by atoms with Crippen molar-refractivity contribution >= 4 is 11.6 Å². The molecule has 1 aliphatic rings. The molecule has 5 nitrogen and oxygen atoms in total. The molecule has 0 radical (unpaired) electrons. The molecule has 1 fully saturated rings. The van der Waals surface area contributed by atoms with Gasteiger partial charge < -0.3 is 15.8 Å². The van der Waals surface area contributed by atoms with E-state index in [0.717, 1.165) is 6.42 Å². The summed E-state index contributed by atoms with van der Waals surface area (Å²) in [6.45, 7) is 0.187. The van der Waals surface area contributed by atoms with Gasteiger partial charge in [0, 0.05) is 12.6 Å². The molecule has 0 spiro atoms. The molecule has 17 heavy (non-hydrogen) atoms. The highest BCUT2D eigenvalue weighted by Crippen LogP contribution is 2.31. The summed E-state index contributed by atoms with van der Waals surface area (Å²) in [5.41, 5.74) is 1.23. The second-order valence-electron chi connectivity index (χ2n) is 4.23. The molecular formula is C10H14F2N4O. The molecule has 1 aromatic heterocycles. The fourth-order valence-corrected chi connectivity index (χ4v) is 1.70. The predicted molar refractivity (Wildman–Crippen MR) is 59.3 cm³/mol. The molecule has 7 heteroatoms. The Morgan fingerprint density at radius 2 is 2.00 bits per heavy atom. The number of pyridine rings is 1. The second kappa shape index (κ2) is 4.42. The fourth-order valence-electron chi connectivity index (χ4n) is 1.70. The van der Waals surface area contributed by atoms with E-state index in [4.69, 9.17) is 5.84 Å². The maximum Gasteiger partial charge on any atom is 0.178 e. The van der Waals surface area contributed by atoms with E-state index in [1.165, 1.54) is 0 Å². The van der Waals surface area contributed by atoms with Crippen molar-refractivity contribution in [1.82, 2.24) is 4.98 Å². The Balaban J connectivity index is 2.09. The number of aromatic nitrogens is 1. The van der Waals surface area contributed by atoms with Crippen LogP contribution in [-0.4, -0.2) is 22.2 Å². The summed E-state index contributed by atoms with van der Waals surface area (Å²) in [6, 6.07) is 0.690. The number of halogens is 2. The number of nitrogen functional groups attached to an aromatic ring is 1. The highest BCUT2D eigenvalue weighted by molar-refractivity contribution is 5.47. The van der Waals surface area contributed by atoms with Crippen LogP contribution in [0.15, 0.2) is 6.07 Å². The van der Waals surface area contributed by atoms with Crippen LogP contribution in [0.1, 0.15) is 19.3 Å². The highest BCUT2D eigenvalue weighted by atomic mass is 19.1. The van der Waals surface area contributed by atoms with Gasteiger partial charge in [0.15, 0.2) is 23.3 Å². The summed E-state index contributed by atoms with van der Waals surface area (Å²) in [5.74, 6) is 2.99. The van der Waals surface area contributed by atoms with Crippen LogP contribution in [0.2, 0.25) is 0 Å². The molecule has 0 atom stereocenters. The molecule has 0 aromatic carbocycles. The van der Waals surface area contributed by atoms with Crippen molar-refractivity contribution in [2.24, 2.45) is 5.84 Å². The van der Waals surface area contributed by atoms with E-state index in [-0.39, 0.29) is 18.2 Å². The van der Waals surface area contributed by atoms with Gasteiger partial charge in [0.05, 0.1) is 5.60 Å². The van der Waals surface area contributed by atoms with Gasteiger partial charge in [-0.15, -0.1) is 0 Å². The number of nitrogens with two attached hydrogens (primary N) is 1. The highest BCUT2D eigenvalue weighted by Gasteiger charge is 2.34. The Labute approximate surface area is 97.0 Å². The van der Waals surface area contributed by atoms with E-state index >= 15 is 0 Å². The van der Waals surface area contributed by atoms with Gasteiger partial charge in [-0.05, 0) is 19.3 Å². The number of nitrogens with one attached hydrogen (secondary N) is 2. The van der Waals surface area contributed by atoms with Gasteiger partial charge in [0.2, 0.25) is 0 Å². The van der Waals surface area contributed by atoms with E-state index in [9.17, 15) is 13.9 Å². The van der Waals surface area contributed by atoms with Gasteiger partial charge in [-0.1, -0.05) is 0 Å². The van der Waals surface area contributed by atoms with Crippen LogP contribution >= 0.6 is 0 Å². The van der Waals surface area contributed by atoms with Crippen molar-refractivity contribution in [2.75, 3.05) is 17.3 Å². The largest absolute Gasteiger partial charge is 0.388 e. The summed E-state index contributed by atoms with van der Waals surface area (Å²) in [6.07, 6.45) is 2.29. The maximum absolute atomic E-state index is 13.3. The molecule has 0 unspecified atom stereocenters. The molecule has 0 bridgehead atoms. The third-order valence-electron chi connectivity index (χ3n) is 2.94. The smallest absolute Gasteiger partial charge is 0.178 e. The molecule has 1 aliphatic carbocycles. The Hall–Kier alpha value is -1.47. The first-order valence-electron chi connectivity index (χ1n) is 5.33. The predicted octanol–water partition coefficient (Wildman–Crippen LogP) is 0.972. The summed E-state index contributed by atoms with van der Waals surface area (Å²) in [5, 5.41) is 12.5. The van der Waals surface area contributed by atoms with Gasteiger partial charge in [0.25, 0.3) is 0 Å². The molecule has 94 valence electrons. The zero-order valence-electron chi connectivity index (χ0n) is 9.13. The Morgan fingerprint density at radius 1 is 1.35 bits per heavy atom. The van der Waals surface area contributed by atoms with Crippen molar-refractivity contribution in [3.8, 4) is 0 Å². The minimum atomic E-state index is -0.863. The number of aliphatic hydroxyl groups is 1. The van der Waals surface area contributed by atoms with Crippen molar-refractivity contribution in [3.05, 3.63) is 17.7 Å². The Morgan fingerprint density at radius 3 is 2.53 bits per heavy atom. The first-order valence-corrected chi connectivity index (χ1v) is 5.33. The molecular weight excluding hydrogens is 230 g/mol. The van der Waals surface area contributed by atoms with Gasteiger partial charge in [-0.3, -0.25) is 0 Å². The molecule has 1 heterocycles. The Kier molecular flexibility index (Phi) is 3.12. The fraction of sp³-hybridized carbons (Fsp3) is 0.500. The van der Waals surface area contributed by atoms with Crippen molar-refractivity contribution in [1.29, 1.82) is 0 Å². The second-order valence-corrected chi connectivity index (χ2v) is 4.23. The van der Waals surface area contributed by atoms with E-state index < -0.39 is 17.2 Å². The summed E-state index contributed by atoms with van der Waals surface area (Å²) >= 11 is 0. The maximum atomic E-state index is 13.3. The lowest BCUT2D eigenvalue weighted by Gasteiger charge is -2.36. The van der Waals surface area contributed by atoms with Gasteiger partial charge in [0.1, 0.15) is 0 Å². The normalized spacial score (nSPS) is 17.4. The zero-order chi connectivity index (χ0) is 12.5. The third-order valence-corrected chi connectivity index (χ3v) is 2.94. The number of anilines is 2. The van der Waals surface area contributed by atoms with Crippen molar-refractivity contribution in [2.45, 2.75) is 24.9 Å². The molecule has 1 aromatic rings. The number of hydrogen-bond donors (Lipinski definition) is 4. The Bertz CT molecular complexity index is 423. The minimum Gasteiger partial charge on any atom is -0.388 e. The van der Waals surface area contributed by atoms with Gasteiger partial charge >= 0.3 is 0 Å². The topological polar surface area (TPSA) is 83.2 Å². The number of hydrazine groups is 1. The lowest BCUT2D eigenvalue weighted by atomic mass is 9.80. The average molecular weight is 244 g/mol. The third kappa shape index (κ3) is 2.45. The quantitative estimate of drug-likeness (QED) is 0.468. The minimum absolute atomic E-state index is 0.125. The monoisotopic (exact) mass is 244 g/mol. The number of rotatable bonds is 4. The lowest BCUT2D eigenvalue weighted by Crippen LogP contribution is -2.43. The van der Waals surface area contributed by atoms with Crippen LogP contribution in [0.5, 0.6) is 0 Å². The molecule has 1 saturated carbocycles. The van der Waals surface area contributed by atoms with E-state index in [2.05, 4.69) is 10.3 Å². The van der Waals surface area contributed by atoms with E-state index in [1.54, 1.807) is 0 Å². The number of nitrogens with zero attached hydrogens (tertiary/aromatic N) is 1. The van der Waals surface area contributed by atoms with Gasteiger partial charge in [-0.2, -0.15) is 0 Å². The van der Waals surface area contributed by atoms with E-state index in [0.29, 0.717) is 18.9 Å². The van der Waals surface area contributed by atoms with Crippen molar-refractivity contribution < 1.29 is 13.9 Å². The van der Waals surface area contributed by atoms with Gasteiger partial charge in [-0.25, -0.2) is 19.6 Å². The summed E-state index contributed by atoms with van der Waals surface area (Å²) in [4.78, 5) is 3.64. The molecule has 0 amide bonds. The summed E-state index contributed by atoms with van der Waals surface area (Å²) in [7, 11) is 0. The first-order chi connectivity index (χ1) is 8.04. The molecule has 0 aliphatic heterocycles. The van der Waals surface area contributed by atoms with Crippen LogP contribution in [0.3, 0.4) is 0 Å². The lowest BCUT2D eigenvalue weighted by molar-refractivity contribution is -0.0203. The molecule has 0 saturated heterocycles. The standard InChI is InChI=1S/C10H14F2N4O/c11-6-4-7(12)9(16-13)15-8(6)14-5-10(17)2-1-3-10/h4,17H,1-3,5,13H2,(H2,14,15,16). The van der Waals surface area contributed by atoms with Crippen LogP contribution in [0.4, 0.5) is 20.4 Å². The molecule has 5 N–H and O–H groups in total. The summed E-state index contributed by atoms with van der Waals surface area (Å²) < 4.78 is 26.4. The van der Waals surface area contributed by atoms with Crippen LogP contribution in [0, 0.1) is 11.6 Å². The SMILES string of the molecule is NNc1nc(NCC2(O)CCC2)c(F)cc1F. The molecule has 2 rings (SSSR count). The average Bonchev–Trinajstić information content (AvgIpc) is 2.25. The van der Waals surface area contributed by atoms with E-state index in [1.807, 2.05) is 5.43 Å². The van der Waals surface area contributed by atoms with Crippen LogP contribution < -0.4 is 16.6 Å². The van der Waals surface area contributed by atoms with Crippen LogP contribution in [-0.2, 0) is 0 Å². The van der Waals surface area contributed by atoms with Crippen molar-refractivity contribution in [3.63, 3.8) is 0 Å². The number of hydrogen-bond acceptors (Lipinski definition) is 5. The first kappa shape index (κ1) is 12.0.